The number of ether oxygens (including phenoxy) is 1. The molecule has 18 heavy (non-hydrogen) atoms. The summed E-state index contributed by atoms with van der Waals surface area (Å²) >= 11 is 0. The number of nitrogens with zero attached hydrogens (tertiary/aromatic N) is 2. The second-order valence-electron chi connectivity index (χ2n) is 3.44. The number of rotatable bonds is 2. The minimum Gasteiger partial charge on any atom is -0.459 e. The zero-order chi connectivity index (χ0) is 13.0. The van der Waals surface area contributed by atoms with E-state index < -0.39 is 5.82 Å². The van der Waals surface area contributed by atoms with Gasteiger partial charge in [0.2, 0.25) is 5.69 Å². The van der Waals surface area contributed by atoms with E-state index in [0.29, 0.717) is 5.75 Å². The second kappa shape index (κ2) is 4.99. The highest BCUT2D eigenvalue weighted by Gasteiger charge is 2.11. The fourth-order valence-electron chi connectivity index (χ4n) is 1.43. The average molecular weight is 238 g/mol. The first-order valence-electron chi connectivity index (χ1n) is 5.08. The average Bonchev–Trinajstić information content (AvgIpc) is 2.41. The lowest BCUT2D eigenvalue weighted by Crippen LogP contribution is -1.88. The molecule has 0 aliphatic carbocycles. The third kappa shape index (κ3) is 2.28. The van der Waals surface area contributed by atoms with Crippen molar-refractivity contribution in [2.45, 2.75) is 0 Å². The van der Waals surface area contributed by atoms with Crippen LogP contribution in [0.1, 0.15) is 5.56 Å². The normalized spacial score (nSPS) is 9.28. The van der Waals surface area contributed by atoms with Gasteiger partial charge in [-0.2, -0.15) is 5.26 Å². The van der Waals surface area contributed by atoms with E-state index in [2.05, 4.69) is 4.85 Å². The molecule has 0 aliphatic heterocycles. The molecule has 0 unspecified atom stereocenters. The Morgan fingerprint density at radius 1 is 1.17 bits per heavy atom. The van der Waals surface area contributed by atoms with E-state index in [0.717, 1.165) is 0 Å². The van der Waals surface area contributed by atoms with Crippen molar-refractivity contribution >= 4 is 5.69 Å². The Hall–Kier alpha value is -2.85. The Balaban J connectivity index is 2.42. The molecule has 0 saturated heterocycles. The van der Waals surface area contributed by atoms with Gasteiger partial charge in [-0.1, -0.05) is 18.2 Å². The van der Waals surface area contributed by atoms with Gasteiger partial charge in [-0.25, -0.2) is 9.24 Å². The van der Waals surface area contributed by atoms with E-state index in [1.165, 1.54) is 12.1 Å². The molecule has 0 heterocycles. The molecular formula is C14H7FN2O. The summed E-state index contributed by atoms with van der Waals surface area (Å²) in [7, 11) is 0. The minimum atomic E-state index is -0.812. The van der Waals surface area contributed by atoms with Crippen LogP contribution in [0.2, 0.25) is 0 Å². The SMILES string of the molecule is [C-]#[N+]c1cc(Oc2ccccc2)cc(C#N)c1F. The van der Waals surface area contributed by atoms with Crippen LogP contribution in [-0.4, -0.2) is 0 Å². The highest BCUT2D eigenvalue weighted by Crippen LogP contribution is 2.30. The lowest BCUT2D eigenvalue weighted by Gasteiger charge is -2.07. The van der Waals surface area contributed by atoms with E-state index in [4.69, 9.17) is 16.6 Å². The van der Waals surface area contributed by atoms with Crippen LogP contribution < -0.4 is 4.74 Å². The Morgan fingerprint density at radius 2 is 1.89 bits per heavy atom. The van der Waals surface area contributed by atoms with Crippen molar-refractivity contribution in [1.29, 1.82) is 5.26 Å². The second-order valence-corrected chi connectivity index (χ2v) is 3.44. The molecule has 2 aromatic carbocycles. The number of halogens is 1. The maximum absolute atomic E-state index is 13.5. The maximum Gasteiger partial charge on any atom is 0.227 e. The zero-order valence-electron chi connectivity index (χ0n) is 9.22. The molecule has 0 aliphatic rings. The van der Waals surface area contributed by atoms with Gasteiger partial charge in [-0.05, 0) is 24.3 Å². The monoisotopic (exact) mass is 238 g/mol. The van der Waals surface area contributed by atoms with Gasteiger partial charge in [0.05, 0.1) is 12.1 Å². The molecule has 2 rings (SSSR count). The van der Waals surface area contributed by atoms with Crippen LogP contribution in [0.3, 0.4) is 0 Å². The van der Waals surface area contributed by atoms with Crippen molar-refractivity contribution in [3.63, 3.8) is 0 Å². The zero-order valence-corrected chi connectivity index (χ0v) is 9.22. The van der Waals surface area contributed by atoms with Crippen molar-refractivity contribution in [3.8, 4) is 17.6 Å². The van der Waals surface area contributed by atoms with Gasteiger partial charge in [0.25, 0.3) is 0 Å². The Kier molecular flexibility index (Phi) is 3.22. The fraction of sp³-hybridized carbons (Fsp3) is 0. The van der Waals surface area contributed by atoms with Crippen LogP contribution in [-0.2, 0) is 0 Å². The Morgan fingerprint density at radius 3 is 2.50 bits per heavy atom. The summed E-state index contributed by atoms with van der Waals surface area (Å²) < 4.78 is 19.0. The van der Waals surface area contributed by atoms with Crippen molar-refractivity contribution in [1.82, 2.24) is 0 Å². The summed E-state index contributed by atoms with van der Waals surface area (Å²) in [6.45, 7) is 6.85. The first-order chi connectivity index (χ1) is 8.74. The molecule has 86 valence electrons. The van der Waals surface area contributed by atoms with Crippen LogP contribution in [0.4, 0.5) is 10.1 Å². The van der Waals surface area contributed by atoms with Gasteiger partial charge in [0.1, 0.15) is 23.4 Å². The highest BCUT2D eigenvalue weighted by atomic mass is 19.1. The summed E-state index contributed by atoms with van der Waals surface area (Å²) in [4.78, 5) is 3.02. The predicted octanol–water partition coefficient (Wildman–Crippen LogP) is 4.04. The minimum absolute atomic E-state index is 0.200. The smallest absolute Gasteiger partial charge is 0.227 e. The van der Waals surface area contributed by atoms with Crippen molar-refractivity contribution in [2.75, 3.05) is 0 Å². The molecule has 0 radical (unpaired) electrons. The predicted molar refractivity (Wildman–Crippen MR) is 63.9 cm³/mol. The first-order valence-corrected chi connectivity index (χ1v) is 5.08. The van der Waals surface area contributed by atoms with Crippen LogP contribution in [0.25, 0.3) is 4.85 Å². The van der Waals surface area contributed by atoms with Gasteiger partial charge in [-0.15, -0.1) is 0 Å². The fourth-order valence-corrected chi connectivity index (χ4v) is 1.43. The van der Waals surface area contributed by atoms with Gasteiger partial charge in [0.15, 0.2) is 0 Å². The molecule has 0 amide bonds. The molecule has 0 spiro atoms. The van der Waals surface area contributed by atoms with E-state index in [1.807, 2.05) is 6.07 Å². The molecule has 4 heteroatoms. The standard InChI is InChI=1S/C14H7FN2O/c1-17-13-8-12(7-10(9-16)14(13)15)18-11-5-3-2-4-6-11/h2-8H. The van der Waals surface area contributed by atoms with Crippen LogP contribution in [0.15, 0.2) is 42.5 Å². The molecule has 0 aromatic heterocycles. The molecule has 0 N–H and O–H groups in total. The number of para-hydroxylation sites is 1. The number of hydrogen-bond acceptors (Lipinski definition) is 2. The number of benzene rings is 2. The molecule has 0 saturated carbocycles. The lowest BCUT2D eigenvalue weighted by atomic mass is 10.2. The quantitative estimate of drug-likeness (QED) is 0.740. The Labute approximate surface area is 103 Å². The third-order valence-electron chi connectivity index (χ3n) is 2.25. The Bertz CT molecular complexity index is 619. The van der Waals surface area contributed by atoms with Crippen LogP contribution in [0.5, 0.6) is 11.5 Å². The lowest BCUT2D eigenvalue weighted by molar-refractivity contribution is 0.481. The van der Waals surface area contributed by atoms with Crippen molar-refractivity contribution < 1.29 is 9.13 Å². The molecule has 0 atom stereocenters. The van der Waals surface area contributed by atoms with Gasteiger partial charge >= 0.3 is 0 Å². The summed E-state index contributed by atoms with van der Waals surface area (Å²) in [6, 6.07) is 13.1. The van der Waals surface area contributed by atoms with E-state index in [9.17, 15) is 4.39 Å². The molecule has 2 aromatic rings. The summed E-state index contributed by atoms with van der Waals surface area (Å²) in [5, 5.41) is 8.78. The largest absolute Gasteiger partial charge is 0.459 e. The highest BCUT2D eigenvalue weighted by molar-refractivity contribution is 5.57. The van der Waals surface area contributed by atoms with Crippen LogP contribution in [0, 0.1) is 23.7 Å². The summed E-state index contributed by atoms with van der Waals surface area (Å²) in [5.41, 5.74) is -0.422. The maximum atomic E-state index is 13.5. The molecule has 0 fully saturated rings. The summed E-state index contributed by atoms with van der Waals surface area (Å²) in [6.07, 6.45) is 0. The number of nitriles is 1. The first kappa shape index (κ1) is 11.6. The topological polar surface area (TPSA) is 37.4 Å². The van der Waals surface area contributed by atoms with Crippen molar-refractivity contribution in [3.05, 3.63) is 65.3 Å². The van der Waals surface area contributed by atoms with Crippen molar-refractivity contribution in [2.24, 2.45) is 0 Å². The molecule has 3 nitrogen and oxygen atoms in total. The summed E-state index contributed by atoms with van der Waals surface area (Å²) in [5.74, 6) is 0.0157. The number of hydrogen-bond donors (Lipinski definition) is 0. The third-order valence-corrected chi connectivity index (χ3v) is 2.25. The molecule has 0 bridgehead atoms. The van der Waals surface area contributed by atoms with Gasteiger partial charge in [0, 0.05) is 0 Å². The van der Waals surface area contributed by atoms with E-state index >= 15 is 0 Å². The molecular weight excluding hydrogens is 231 g/mol. The van der Waals surface area contributed by atoms with E-state index in [-0.39, 0.29) is 17.0 Å². The van der Waals surface area contributed by atoms with Gasteiger partial charge in [-0.3, -0.25) is 0 Å². The van der Waals surface area contributed by atoms with E-state index in [1.54, 1.807) is 30.3 Å². The van der Waals surface area contributed by atoms with Gasteiger partial charge < -0.3 is 4.74 Å². The van der Waals surface area contributed by atoms with Crippen LogP contribution >= 0.6 is 0 Å².